The summed E-state index contributed by atoms with van der Waals surface area (Å²) in [6.45, 7) is 6.87. The van der Waals surface area contributed by atoms with Crippen molar-refractivity contribution in [3.63, 3.8) is 0 Å². The summed E-state index contributed by atoms with van der Waals surface area (Å²) in [5.74, 6) is 1.95. The van der Waals surface area contributed by atoms with Gasteiger partial charge in [0.15, 0.2) is 10.9 Å². The summed E-state index contributed by atoms with van der Waals surface area (Å²) in [5, 5.41) is 12.4. The van der Waals surface area contributed by atoms with Crippen LogP contribution in [0.3, 0.4) is 0 Å². The van der Waals surface area contributed by atoms with E-state index in [1.165, 1.54) is 11.8 Å². The number of benzene rings is 3. The van der Waals surface area contributed by atoms with Crippen LogP contribution < -0.4 is 10.1 Å². The van der Waals surface area contributed by atoms with Crippen LogP contribution in [-0.4, -0.2) is 26.4 Å². The van der Waals surface area contributed by atoms with Crippen LogP contribution in [-0.2, 0) is 16.8 Å². The Morgan fingerprint density at radius 2 is 1.67 bits per heavy atom. The van der Waals surface area contributed by atoms with E-state index in [-0.39, 0.29) is 17.1 Å². The Balaban J connectivity index is 1.33. The van der Waals surface area contributed by atoms with Crippen molar-refractivity contribution in [3.05, 3.63) is 108 Å². The molecule has 1 amide bonds. The van der Waals surface area contributed by atoms with Crippen LogP contribution in [0.15, 0.2) is 107 Å². The van der Waals surface area contributed by atoms with Gasteiger partial charge in [-0.1, -0.05) is 81.1 Å². The van der Waals surface area contributed by atoms with Crippen molar-refractivity contribution in [2.24, 2.45) is 0 Å². The molecule has 0 bridgehead atoms. The fraction of sp³-hybridized carbons (Fsp3) is 0.194. The average molecular weight is 539 g/mol. The third-order valence-corrected chi connectivity index (χ3v) is 6.99. The molecule has 0 aliphatic heterocycles. The molecule has 0 saturated heterocycles. The number of ether oxygens (including phenoxy) is 1. The predicted molar refractivity (Wildman–Crippen MR) is 154 cm³/mol. The molecule has 1 N–H and O–H groups in total. The lowest BCUT2D eigenvalue weighted by atomic mass is 9.86. The normalized spacial score (nSPS) is 11.4. The van der Waals surface area contributed by atoms with Gasteiger partial charge in [-0.05, 0) is 59.0 Å². The first-order chi connectivity index (χ1) is 18.9. The van der Waals surface area contributed by atoms with E-state index < -0.39 is 0 Å². The average Bonchev–Trinajstić information content (AvgIpc) is 3.62. The molecule has 2 aromatic heterocycles. The van der Waals surface area contributed by atoms with Gasteiger partial charge in [0.25, 0.3) is 0 Å². The minimum Gasteiger partial charge on any atom is -0.489 e. The molecular weight excluding hydrogens is 508 g/mol. The van der Waals surface area contributed by atoms with E-state index >= 15 is 0 Å². The molecule has 5 aromatic rings. The molecule has 0 aliphatic rings. The number of nitrogens with one attached hydrogen (secondary N) is 1. The second kappa shape index (κ2) is 11.6. The number of thioether (sulfide) groups is 1. The van der Waals surface area contributed by atoms with Crippen molar-refractivity contribution in [2.45, 2.75) is 37.9 Å². The monoisotopic (exact) mass is 538 g/mol. The molecule has 198 valence electrons. The first-order valence-corrected chi connectivity index (χ1v) is 13.7. The summed E-state index contributed by atoms with van der Waals surface area (Å²) in [6, 6.07) is 29.3. The van der Waals surface area contributed by atoms with Gasteiger partial charge in [-0.15, -0.1) is 10.2 Å². The van der Waals surface area contributed by atoms with Crippen LogP contribution in [0.4, 0.5) is 5.69 Å². The number of carbonyl (C=O) groups excluding carboxylic acids is 1. The summed E-state index contributed by atoms with van der Waals surface area (Å²) in [6.07, 6.45) is 1.60. The Hall–Kier alpha value is -4.30. The lowest BCUT2D eigenvalue weighted by Gasteiger charge is -2.23. The third kappa shape index (κ3) is 6.41. The number of rotatable bonds is 9. The smallest absolute Gasteiger partial charge is 0.234 e. The van der Waals surface area contributed by atoms with E-state index in [1.807, 2.05) is 95.6 Å². The zero-order valence-corrected chi connectivity index (χ0v) is 22.9. The van der Waals surface area contributed by atoms with Crippen molar-refractivity contribution in [1.82, 2.24) is 14.8 Å². The molecule has 39 heavy (non-hydrogen) atoms. The summed E-state index contributed by atoms with van der Waals surface area (Å²) in [7, 11) is 0. The Bertz CT molecular complexity index is 1520. The topological polar surface area (TPSA) is 82.2 Å². The Kier molecular flexibility index (Phi) is 7.84. The SMILES string of the molecule is CC(C)(C)c1ccccc1NC(=O)CSc1nnc(-c2ccco2)n1-c1ccc(OCc2ccccc2)cc1. The van der Waals surface area contributed by atoms with Crippen LogP contribution in [0, 0.1) is 0 Å². The Morgan fingerprint density at radius 1 is 0.923 bits per heavy atom. The standard InChI is InChI=1S/C31H30N4O3S/c1-31(2,3)25-12-7-8-13-26(25)32-28(36)21-39-30-34-33-29(27-14-9-19-37-27)35(30)23-15-17-24(18-16-23)38-20-22-10-5-4-6-11-22/h4-19H,20-21H2,1-3H3,(H,32,36). The first-order valence-electron chi connectivity index (χ1n) is 12.7. The highest BCUT2D eigenvalue weighted by molar-refractivity contribution is 7.99. The number of aromatic nitrogens is 3. The molecular formula is C31H30N4O3S. The molecule has 0 aliphatic carbocycles. The van der Waals surface area contributed by atoms with Crippen LogP contribution in [0.25, 0.3) is 17.3 Å². The van der Waals surface area contributed by atoms with Crippen molar-refractivity contribution in [3.8, 4) is 23.0 Å². The first kappa shape index (κ1) is 26.3. The minimum atomic E-state index is -0.115. The van der Waals surface area contributed by atoms with Gasteiger partial charge in [0.1, 0.15) is 12.4 Å². The zero-order chi connectivity index (χ0) is 27.2. The number of carbonyl (C=O) groups is 1. The van der Waals surface area contributed by atoms with E-state index in [1.54, 1.807) is 6.26 Å². The molecule has 0 fully saturated rings. The van der Waals surface area contributed by atoms with E-state index in [4.69, 9.17) is 9.15 Å². The van der Waals surface area contributed by atoms with Crippen molar-refractivity contribution in [2.75, 3.05) is 11.1 Å². The van der Waals surface area contributed by atoms with Gasteiger partial charge < -0.3 is 14.5 Å². The molecule has 2 heterocycles. The van der Waals surface area contributed by atoms with Gasteiger partial charge >= 0.3 is 0 Å². The largest absolute Gasteiger partial charge is 0.489 e. The van der Waals surface area contributed by atoms with E-state index in [2.05, 4.69) is 36.3 Å². The quantitative estimate of drug-likeness (QED) is 0.201. The Labute approximate surface area is 232 Å². The summed E-state index contributed by atoms with van der Waals surface area (Å²) in [4.78, 5) is 13.0. The maximum absolute atomic E-state index is 13.0. The van der Waals surface area contributed by atoms with Crippen molar-refractivity contribution >= 4 is 23.4 Å². The second-order valence-electron chi connectivity index (χ2n) is 10.0. The Morgan fingerprint density at radius 3 is 2.38 bits per heavy atom. The number of hydrogen-bond acceptors (Lipinski definition) is 6. The van der Waals surface area contributed by atoms with E-state index in [9.17, 15) is 4.79 Å². The van der Waals surface area contributed by atoms with Gasteiger partial charge in [-0.25, -0.2) is 0 Å². The highest BCUT2D eigenvalue weighted by atomic mass is 32.2. The fourth-order valence-electron chi connectivity index (χ4n) is 4.16. The summed E-state index contributed by atoms with van der Waals surface area (Å²) in [5.41, 5.74) is 3.74. The minimum absolute atomic E-state index is 0.0912. The molecule has 0 atom stereocenters. The van der Waals surface area contributed by atoms with Gasteiger partial charge in [0.2, 0.25) is 11.7 Å². The number of amides is 1. The van der Waals surface area contributed by atoms with Gasteiger partial charge in [-0.3, -0.25) is 9.36 Å². The number of anilines is 1. The predicted octanol–water partition coefficient (Wildman–Crippen LogP) is 7.13. The number of hydrogen-bond donors (Lipinski definition) is 1. The van der Waals surface area contributed by atoms with E-state index in [0.29, 0.717) is 23.3 Å². The third-order valence-electron chi connectivity index (χ3n) is 6.06. The van der Waals surface area contributed by atoms with Crippen LogP contribution in [0.1, 0.15) is 31.9 Å². The van der Waals surface area contributed by atoms with Crippen molar-refractivity contribution in [1.29, 1.82) is 0 Å². The van der Waals surface area contributed by atoms with Crippen molar-refractivity contribution < 1.29 is 13.9 Å². The number of nitrogens with zero attached hydrogens (tertiary/aromatic N) is 3. The molecule has 0 saturated carbocycles. The summed E-state index contributed by atoms with van der Waals surface area (Å²) >= 11 is 1.32. The lowest BCUT2D eigenvalue weighted by Crippen LogP contribution is -2.20. The molecule has 0 spiro atoms. The number of furan rings is 1. The van der Waals surface area contributed by atoms with Gasteiger partial charge in [0, 0.05) is 5.69 Å². The molecule has 7 nitrogen and oxygen atoms in total. The molecule has 3 aromatic carbocycles. The molecule has 0 radical (unpaired) electrons. The maximum Gasteiger partial charge on any atom is 0.234 e. The van der Waals surface area contributed by atoms with Crippen LogP contribution in [0.2, 0.25) is 0 Å². The molecule has 8 heteroatoms. The molecule has 0 unspecified atom stereocenters. The second-order valence-corrected chi connectivity index (χ2v) is 11.0. The highest BCUT2D eigenvalue weighted by Gasteiger charge is 2.21. The van der Waals surface area contributed by atoms with Gasteiger partial charge in [0.05, 0.1) is 17.7 Å². The van der Waals surface area contributed by atoms with Gasteiger partial charge in [-0.2, -0.15) is 0 Å². The maximum atomic E-state index is 13.0. The molecule has 5 rings (SSSR count). The zero-order valence-electron chi connectivity index (χ0n) is 22.1. The lowest BCUT2D eigenvalue weighted by molar-refractivity contribution is -0.113. The van der Waals surface area contributed by atoms with E-state index in [0.717, 1.165) is 28.3 Å². The van der Waals surface area contributed by atoms with Crippen LogP contribution >= 0.6 is 11.8 Å². The van der Waals surface area contributed by atoms with Crippen LogP contribution in [0.5, 0.6) is 5.75 Å². The summed E-state index contributed by atoms with van der Waals surface area (Å²) < 4.78 is 13.5. The number of para-hydroxylation sites is 1. The fourth-order valence-corrected chi connectivity index (χ4v) is 4.91. The highest BCUT2D eigenvalue weighted by Crippen LogP contribution is 2.31.